The highest BCUT2D eigenvalue weighted by atomic mass is 16.5. The molecule has 17 heavy (non-hydrogen) atoms. The van der Waals surface area contributed by atoms with Gasteiger partial charge in [0, 0.05) is 12.6 Å². The molecule has 1 atom stereocenters. The van der Waals surface area contributed by atoms with Crippen molar-refractivity contribution in [2.24, 2.45) is 5.73 Å². The number of unbranched alkanes of at least 4 members (excludes halogenated alkanes) is 1. The molecule has 0 saturated heterocycles. The maximum absolute atomic E-state index is 8.68. The Bertz CT molecular complexity index is 365. The van der Waals surface area contributed by atoms with Crippen LogP contribution in [0.4, 0.5) is 0 Å². The summed E-state index contributed by atoms with van der Waals surface area (Å²) in [5.74, 6) is 0.927. The summed E-state index contributed by atoms with van der Waals surface area (Å²) in [7, 11) is 0. The van der Waals surface area contributed by atoms with Gasteiger partial charge in [0.2, 0.25) is 0 Å². The average molecular weight is 235 g/mol. The van der Waals surface area contributed by atoms with Crippen molar-refractivity contribution >= 4 is 0 Å². The van der Waals surface area contributed by atoms with Gasteiger partial charge in [0.15, 0.2) is 0 Å². The Morgan fingerprint density at radius 1 is 1.35 bits per heavy atom. The number of aryl methyl sites for hydroxylation is 1. The van der Waals surface area contributed by atoms with E-state index in [1.54, 1.807) is 0 Å². The Labute approximate surface area is 103 Å². The molecule has 0 heterocycles. The summed E-state index contributed by atoms with van der Waals surface area (Å²) in [5, 5.41) is 8.68. The molecule has 0 fully saturated rings. The van der Waals surface area contributed by atoms with E-state index in [1.165, 1.54) is 17.5 Å². The molecule has 1 unspecified atom stereocenters. The predicted octanol–water partition coefficient (Wildman–Crippen LogP) is 2.17. The lowest BCUT2D eigenvalue weighted by Crippen LogP contribution is -2.17. The number of rotatable bonds is 5. The quantitative estimate of drug-likeness (QED) is 0.769. The Balaban J connectivity index is 1.96. The van der Waals surface area contributed by atoms with Gasteiger partial charge in [0.1, 0.15) is 5.75 Å². The Kier molecular flexibility index (Phi) is 4.40. The van der Waals surface area contributed by atoms with E-state index in [4.69, 9.17) is 15.6 Å². The van der Waals surface area contributed by atoms with Crippen molar-refractivity contribution in [2.45, 2.75) is 38.1 Å². The lowest BCUT2D eigenvalue weighted by Gasteiger charge is -2.22. The predicted molar refractivity (Wildman–Crippen MR) is 68.1 cm³/mol. The zero-order chi connectivity index (χ0) is 12.1. The van der Waals surface area contributed by atoms with E-state index in [9.17, 15) is 0 Å². The van der Waals surface area contributed by atoms with Crippen LogP contribution in [0.3, 0.4) is 0 Å². The minimum atomic E-state index is 0.196. The first-order valence-corrected chi connectivity index (χ1v) is 6.43. The number of hydrogen-bond acceptors (Lipinski definition) is 3. The summed E-state index contributed by atoms with van der Waals surface area (Å²) in [6.45, 7) is 0.911. The van der Waals surface area contributed by atoms with Gasteiger partial charge in [0.05, 0.1) is 6.61 Å². The lowest BCUT2D eigenvalue weighted by molar-refractivity contribution is 0.253. The monoisotopic (exact) mass is 235 g/mol. The minimum absolute atomic E-state index is 0.196. The van der Waals surface area contributed by atoms with Crippen LogP contribution in [0.25, 0.3) is 0 Å². The van der Waals surface area contributed by atoms with E-state index >= 15 is 0 Å². The molecule has 0 aromatic heterocycles. The lowest BCUT2D eigenvalue weighted by atomic mass is 9.88. The molecule has 0 aliphatic heterocycles. The number of aliphatic hydroxyl groups is 1. The zero-order valence-corrected chi connectivity index (χ0v) is 10.2. The van der Waals surface area contributed by atoms with Crippen LogP contribution in [-0.2, 0) is 6.42 Å². The van der Waals surface area contributed by atoms with E-state index in [-0.39, 0.29) is 12.6 Å². The van der Waals surface area contributed by atoms with E-state index in [1.807, 2.05) is 6.07 Å². The molecule has 94 valence electrons. The molecule has 2 rings (SSSR count). The van der Waals surface area contributed by atoms with Gasteiger partial charge in [-0.15, -0.1) is 0 Å². The van der Waals surface area contributed by atoms with E-state index < -0.39 is 0 Å². The molecule has 1 aromatic rings. The third kappa shape index (κ3) is 3.20. The standard InChI is InChI=1S/C14H21NO2/c15-14-5-3-4-11-10-12(6-7-13(11)14)17-9-2-1-8-16/h6-7,10,14,16H,1-5,8-9,15H2. The molecule has 1 aromatic carbocycles. The van der Waals surface area contributed by atoms with Crippen LogP contribution in [0, 0.1) is 0 Å². The van der Waals surface area contributed by atoms with Crippen LogP contribution >= 0.6 is 0 Å². The fourth-order valence-electron chi connectivity index (χ4n) is 2.32. The van der Waals surface area contributed by atoms with Gasteiger partial charge >= 0.3 is 0 Å². The van der Waals surface area contributed by atoms with Gasteiger partial charge in [-0.05, 0) is 55.4 Å². The third-order valence-corrected chi connectivity index (χ3v) is 3.30. The zero-order valence-electron chi connectivity index (χ0n) is 10.2. The van der Waals surface area contributed by atoms with E-state index in [2.05, 4.69) is 12.1 Å². The molecule has 0 saturated carbocycles. The number of nitrogens with two attached hydrogens (primary N) is 1. The van der Waals surface area contributed by atoms with Gasteiger partial charge in [-0.3, -0.25) is 0 Å². The minimum Gasteiger partial charge on any atom is -0.494 e. The van der Waals surface area contributed by atoms with E-state index in [0.29, 0.717) is 6.61 Å². The second-order valence-electron chi connectivity index (χ2n) is 4.64. The summed E-state index contributed by atoms with van der Waals surface area (Å²) >= 11 is 0. The van der Waals surface area contributed by atoms with Crippen LogP contribution in [0.1, 0.15) is 42.9 Å². The van der Waals surface area contributed by atoms with Crippen molar-refractivity contribution in [3.05, 3.63) is 29.3 Å². The molecule has 0 amide bonds. The van der Waals surface area contributed by atoms with Gasteiger partial charge in [-0.1, -0.05) is 6.07 Å². The molecule has 1 aliphatic carbocycles. The highest BCUT2D eigenvalue weighted by molar-refractivity contribution is 5.38. The fraction of sp³-hybridized carbons (Fsp3) is 0.571. The van der Waals surface area contributed by atoms with Crippen molar-refractivity contribution in [2.75, 3.05) is 13.2 Å². The molecule has 1 aliphatic rings. The molecule has 0 spiro atoms. The number of aliphatic hydroxyl groups excluding tert-OH is 1. The molecule has 3 N–H and O–H groups in total. The van der Waals surface area contributed by atoms with Crippen LogP contribution < -0.4 is 10.5 Å². The first-order chi connectivity index (χ1) is 8.31. The van der Waals surface area contributed by atoms with Crippen LogP contribution in [0.5, 0.6) is 5.75 Å². The summed E-state index contributed by atoms with van der Waals surface area (Å²) in [5.41, 5.74) is 8.68. The van der Waals surface area contributed by atoms with Crippen LogP contribution in [0.2, 0.25) is 0 Å². The number of ether oxygens (including phenoxy) is 1. The van der Waals surface area contributed by atoms with Crippen molar-refractivity contribution < 1.29 is 9.84 Å². The smallest absolute Gasteiger partial charge is 0.119 e. The fourth-order valence-corrected chi connectivity index (χ4v) is 2.32. The Hall–Kier alpha value is -1.06. The molecular weight excluding hydrogens is 214 g/mol. The summed E-state index contributed by atoms with van der Waals surface area (Å²) in [6.07, 6.45) is 5.06. The summed E-state index contributed by atoms with van der Waals surface area (Å²) in [6, 6.07) is 6.42. The number of hydrogen-bond donors (Lipinski definition) is 2. The maximum Gasteiger partial charge on any atom is 0.119 e. The molecule has 3 heteroatoms. The SMILES string of the molecule is NC1CCCc2cc(OCCCCO)ccc21. The van der Waals surface area contributed by atoms with E-state index in [0.717, 1.165) is 31.4 Å². The van der Waals surface area contributed by atoms with Crippen molar-refractivity contribution in [1.82, 2.24) is 0 Å². The largest absolute Gasteiger partial charge is 0.494 e. The molecular formula is C14H21NO2. The number of benzene rings is 1. The normalized spacial score (nSPS) is 18.8. The molecule has 3 nitrogen and oxygen atoms in total. The summed E-state index contributed by atoms with van der Waals surface area (Å²) < 4.78 is 5.66. The van der Waals surface area contributed by atoms with Gasteiger partial charge in [0.25, 0.3) is 0 Å². The second kappa shape index (κ2) is 6.03. The molecule has 0 bridgehead atoms. The van der Waals surface area contributed by atoms with Crippen LogP contribution in [0.15, 0.2) is 18.2 Å². The van der Waals surface area contributed by atoms with Gasteiger partial charge in [-0.25, -0.2) is 0 Å². The van der Waals surface area contributed by atoms with Crippen LogP contribution in [-0.4, -0.2) is 18.3 Å². The van der Waals surface area contributed by atoms with Gasteiger partial charge < -0.3 is 15.6 Å². The first-order valence-electron chi connectivity index (χ1n) is 6.43. The van der Waals surface area contributed by atoms with Crippen molar-refractivity contribution in [1.29, 1.82) is 0 Å². The average Bonchev–Trinajstić information content (AvgIpc) is 2.35. The second-order valence-corrected chi connectivity index (χ2v) is 4.64. The third-order valence-electron chi connectivity index (χ3n) is 3.30. The molecule has 0 radical (unpaired) electrons. The number of fused-ring (bicyclic) bond motifs is 1. The first kappa shape index (κ1) is 12.4. The van der Waals surface area contributed by atoms with Gasteiger partial charge in [-0.2, -0.15) is 0 Å². The maximum atomic E-state index is 8.68. The van der Waals surface area contributed by atoms with Crippen molar-refractivity contribution in [3.63, 3.8) is 0 Å². The highest BCUT2D eigenvalue weighted by Crippen LogP contribution is 2.30. The highest BCUT2D eigenvalue weighted by Gasteiger charge is 2.16. The summed E-state index contributed by atoms with van der Waals surface area (Å²) in [4.78, 5) is 0. The van der Waals surface area contributed by atoms with Crippen molar-refractivity contribution in [3.8, 4) is 5.75 Å². The Morgan fingerprint density at radius 2 is 2.24 bits per heavy atom. The Morgan fingerprint density at radius 3 is 3.06 bits per heavy atom. The topological polar surface area (TPSA) is 55.5 Å².